The molecule has 1 saturated heterocycles. The lowest BCUT2D eigenvalue weighted by molar-refractivity contribution is -0.134. The van der Waals surface area contributed by atoms with E-state index in [1.807, 2.05) is 12.1 Å². The fraction of sp³-hybridized carbons (Fsp3) is 0.714. The highest BCUT2D eigenvalue weighted by atomic mass is 16.5. The first-order valence-electron chi connectivity index (χ1n) is 10.6. The minimum absolute atomic E-state index is 0.0568. The highest BCUT2D eigenvalue weighted by molar-refractivity contribution is 5.84. The van der Waals surface area contributed by atoms with Gasteiger partial charge in [0, 0.05) is 26.2 Å². The number of nitrogens with zero attached hydrogens (tertiary/aromatic N) is 2. The molecule has 158 valence electrons. The molecule has 1 aromatic heterocycles. The predicted molar refractivity (Wildman–Crippen MR) is 108 cm³/mol. The van der Waals surface area contributed by atoms with Gasteiger partial charge >= 0.3 is 6.03 Å². The molecule has 7 heteroatoms. The second-order valence-corrected chi connectivity index (χ2v) is 7.35. The highest BCUT2D eigenvalue weighted by Crippen LogP contribution is 2.16. The molecule has 0 aromatic carbocycles. The van der Waals surface area contributed by atoms with Crippen LogP contribution in [0.3, 0.4) is 0 Å². The molecule has 0 unspecified atom stereocenters. The van der Waals surface area contributed by atoms with Crippen molar-refractivity contribution < 1.29 is 18.7 Å². The molecule has 1 atom stereocenters. The van der Waals surface area contributed by atoms with Crippen molar-refractivity contribution in [2.75, 3.05) is 32.8 Å². The third-order valence-corrected chi connectivity index (χ3v) is 4.93. The van der Waals surface area contributed by atoms with Crippen LogP contribution in [0.5, 0.6) is 0 Å². The summed E-state index contributed by atoms with van der Waals surface area (Å²) in [6, 6.07) is 3.52. The number of furan rings is 1. The minimum Gasteiger partial charge on any atom is -0.467 e. The van der Waals surface area contributed by atoms with Crippen LogP contribution >= 0.6 is 0 Å². The second-order valence-electron chi connectivity index (χ2n) is 7.35. The Kier molecular flexibility index (Phi) is 9.90. The fourth-order valence-electron chi connectivity index (χ4n) is 3.23. The summed E-state index contributed by atoms with van der Waals surface area (Å²) in [7, 11) is 0. The van der Waals surface area contributed by atoms with Crippen molar-refractivity contribution >= 4 is 11.9 Å². The van der Waals surface area contributed by atoms with Crippen LogP contribution < -0.4 is 5.32 Å². The Morgan fingerprint density at radius 2 is 2.04 bits per heavy atom. The number of ether oxygens (including phenoxy) is 1. The quantitative estimate of drug-likeness (QED) is 0.552. The van der Waals surface area contributed by atoms with E-state index in [0.29, 0.717) is 26.2 Å². The molecule has 7 nitrogen and oxygen atoms in total. The van der Waals surface area contributed by atoms with Crippen molar-refractivity contribution in [2.24, 2.45) is 0 Å². The van der Waals surface area contributed by atoms with Gasteiger partial charge in [0.25, 0.3) is 0 Å². The van der Waals surface area contributed by atoms with Gasteiger partial charge < -0.3 is 24.3 Å². The van der Waals surface area contributed by atoms with E-state index >= 15 is 0 Å². The molecule has 0 saturated carbocycles. The number of hydrogen-bond acceptors (Lipinski definition) is 4. The maximum atomic E-state index is 13.1. The number of hydrogen-bond donors (Lipinski definition) is 1. The molecule has 1 N–H and O–H groups in total. The minimum atomic E-state index is -0.162. The molecule has 1 aliphatic heterocycles. The number of rotatable bonds is 12. The molecule has 2 rings (SSSR count). The van der Waals surface area contributed by atoms with Crippen LogP contribution in [0.2, 0.25) is 0 Å². The largest absolute Gasteiger partial charge is 0.467 e. The first kappa shape index (κ1) is 22.3. The Balaban J connectivity index is 1.99. The first-order chi connectivity index (χ1) is 13.6. The summed E-state index contributed by atoms with van der Waals surface area (Å²) >= 11 is 0. The van der Waals surface area contributed by atoms with Crippen molar-refractivity contribution in [1.29, 1.82) is 0 Å². The Labute approximate surface area is 168 Å². The van der Waals surface area contributed by atoms with Gasteiger partial charge in [-0.15, -0.1) is 0 Å². The number of carbonyl (C=O) groups excluding carboxylic acids is 2. The SMILES string of the molecule is CCCCNC(=O)N(CCCC)CC(=O)N(Cc1ccco1)C[C@H]1CCCO1. The fourth-order valence-corrected chi connectivity index (χ4v) is 3.23. The van der Waals surface area contributed by atoms with Gasteiger partial charge in [-0.1, -0.05) is 26.7 Å². The molecule has 0 spiro atoms. The van der Waals surface area contributed by atoms with E-state index in [-0.39, 0.29) is 24.6 Å². The smallest absolute Gasteiger partial charge is 0.317 e. The summed E-state index contributed by atoms with van der Waals surface area (Å²) in [6.45, 7) is 7.12. The summed E-state index contributed by atoms with van der Waals surface area (Å²) in [5.74, 6) is 0.660. The van der Waals surface area contributed by atoms with Crippen LogP contribution in [-0.4, -0.2) is 60.6 Å². The van der Waals surface area contributed by atoms with Crippen molar-refractivity contribution in [3.8, 4) is 0 Å². The number of carbonyl (C=O) groups is 2. The molecule has 0 radical (unpaired) electrons. The Morgan fingerprint density at radius 3 is 2.68 bits per heavy atom. The normalized spacial score (nSPS) is 16.1. The first-order valence-corrected chi connectivity index (χ1v) is 10.6. The monoisotopic (exact) mass is 393 g/mol. The van der Waals surface area contributed by atoms with Crippen LogP contribution in [0.1, 0.15) is 58.1 Å². The summed E-state index contributed by atoms with van der Waals surface area (Å²) < 4.78 is 11.2. The third kappa shape index (κ3) is 7.54. The number of amides is 3. The van der Waals surface area contributed by atoms with Crippen molar-refractivity contribution in [3.05, 3.63) is 24.2 Å². The summed E-state index contributed by atoms with van der Waals surface area (Å²) in [6.07, 6.45) is 7.45. The zero-order valence-electron chi connectivity index (χ0n) is 17.3. The number of nitrogens with one attached hydrogen (secondary N) is 1. The number of urea groups is 1. The molecular formula is C21H35N3O4. The van der Waals surface area contributed by atoms with Gasteiger partial charge in [0.15, 0.2) is 0 Å². The molecule has 1 fully saturated rings. The van der Waals surface area contributed by atoms with E-state index in [9.17, 15) is 9.59 Å². The van der Waals surface area contributed by atoms with Crippen LogP contribution in [-0.2, 0) is 16.1 Å². The summed E-state index contributed by atoms with van der Waals surface area (Å²) in [5, 5.41) is 2.93. The van der Waals surface area contributed by atoms with Crippen molar-refractivity contribution in [3.63, 3.8) is 0 Å². The van der Waals surface area contributed by atoms with E-state index < -0.39 is 0 Å². The van der Waals surface area contributed by atoms with Gasteiger partial charge in [-0.2, -0.15) is 0 Å². The summed E-state index contributed by atoms with van der Waals surface area (Å²) in [4.78, 5) is 29.0. The van der Waals surface area contributed by atoms with E-state index in [4.69, 9.17) is 9.15 Å². The third-order valence-electron chi connectivity index (χ3n) is 4.93. The Morgan fingerprint density at radius 1 is 1.21 bits per heavy atom. The van der Waals surface area contributed by atoms with Gasteiger partial charge in [-0.3, -0.25) is 4.79 Å². The average molecular weight is 394 g/mol. The van der Waals surface area contributed by atoms with Gasteiger partial charge in [0.05, 0.1) is 18.9 Å². The zero-order valence-corrected chi connectivity index (χ0v) is 17.3. The molecule has 2 heterocycles. The van der Waals surface area contributed by atoms with Crippen molar-refractivity contribution in [1.82, 2.24) is 15.1 Å². The van der Waals surface area contributed by atoms with Crippen LogP contribution in [0, 0.1) is 0 Å². The molecular weight excluding hydrogens is 358 g/mol. The van der Waals surface area contributed by atoms with Crippen LogP contribution in [0.4, 0.5) is 4.79 Å². The zero-order chi connectivity index (χ0) is 20.2. The maximum absolute atomic E-state index is 13.1. The second kappa shape index (κ2) is 12.4. The Bertz CT molecular complexity index is 570. The lowest BCUT2D eigenvalue weighted by atomic mass is 10.2. The van der Waals surface area contributed by atoms with Crippen molar-refractivity contribution in [2.45, 2.75) is 65.0 Å². The molecule has 0 bridgehead atoms. The highest BCUT2D eigenvalue weighted by Gasteiger charge is 2.26. The van der Waals surface area contributed by atoms with Gasteiger partial charge in [-0.25, -0.2) is 4.79 Å². The van der Waals surface area contributed by atoms with Gasteiger partial charge in [-0.05, 0) is 37.8 Å². The average Bonchev–Trinajstić information content (AvgIpc) is 3.38. The standard InChI is InChI=1S/C21H35N3O4/c1-3-5-11-22-21(26)23(12-6-4-2)17-20(25)24(15-18-9-7-13-27-18)16-19-10-8-14-28-19/h7,9,13,19H,3-6,8,10-12,14-17H2,1-2H3,(H,22,26)/t19-/m1/s1. The van der Waals surface area contributed by atoms with Gasteiger partial charge in [0.1, 0.15) is 12.3 Å². The van der Waals surface area contributed by atoms with E-state index in [0.717, 1.165) is 50.9 Å². The maximum Gasteiger partial charge on any atom is 0.317 e. The van der Waals surface area contributed by atoms with Gasteiger partial charge in [0.2, 0.25) is 5.91 Å². The molecule has 28 heavy (non-hydrogen) atoms. The molecule has 3 amide bonds. The molecule has 0 aliphatic carbocycles. The van der Waals surface area contributed by atoms with E-state index in [2.05, 4.69) is 19.2 Å². The van der Waals surface area contributed by atoms with E-state index in [1.165, 1.54) is 0 Å². The molecule has 1 aromatic rings. The molecule has 1 aliphatic rings. The lowest BCUT2D eigenvalue weighted by Gasteiger charge is -2.29. The summed E-state index contributed by atoms with van der Waals surface area (Å²) in [5.41, 5.74) is 0. The van der Waals surface area contributed by atoms with Crippen LogP contribution in [0.25, 0.3) is 0 Å². The number of unbranched alkanes of at least 4 members (excludes halogenated alkanes) is 2. The predicted octanol–water partition coefficient (Wildman–Crippen LogP) is 3.40. The lowest BCUT2D eigenvalue weighted by Crippen LogP contribution is -2.48. The van der Waals surface area contributed by atoms with Crippen LogP contribution in [0.15, 0.2) is 22.8 Å². The Hall–Kier alpha value is -2.02. The van der Waals surface area contributed by atoms with E-state index in [1.54, 1.807) is 16.1 Å². The topological polar surface area (TPSA) is 75.0 Å².